The van der Waals surface area contributed by atoms with Crippen molar-refractivity contribution in [3.63, 3.8) is 0 Å². The summed E-state index contributed by atoms with van der Waals surface area (Å²) in [5.74, 6) is -0.986. The van der Waals surface area contributed by atoms with Gasteiger partial charge in [0.25, 0.3) is 5.91 Å². The number of aromatic amines is 1. The van der Waals surface area contributed by atoms with Crippen LogP contribution in [0.5, 0.6) is 0 Å². The van der Waals surface area contributed by atoms with E-state index in [9.17, 15) is 24.3 Å². The number of rotatable bonds is 7. The van der Waals surface area contributed by atoms with Gasteiger partial charge in [-0.25, -0.2) is 0 Å². The fourth-order valence-electron chi connectivity index (χ4n) is 7.76. The van der Waals surface area contributed by atoms with Gasteiger partial charge >= 0.3 is 0 Å². The Labute approximate surface area is 252 Å². The van der Waals surface area contributed by atoms with Gasteiger partial charge in [-0.05, 0) is 55.8 Å². The second-order valence-corrected chi connectivity index (χ2v) is 16.8. The number of likely N-dealkylation sites (tertiary alicyclic amines) is 1. The van der Waals surface area contributed by atoms with Crippen molar-refractivity contribution in [2.24, 2.45) is 5.92 Å². The van der Waals surface area contributed by atoms with Gasteiger partial charge in [0.05, 0.1) is 37.3 Å². The number of H-pyrrole nitrogens is 1. The lowest BCUT2D eigenvalue weighted by molar-refractivity contribution is -0.149. The van der Waals surface area contributed by atoms with Crippen molar-refractivity contribution in [3.8, 4) is 0 Å². The zero-order chi connectivity index (χ0) is 30.7. The number of fused-ring (bicyclic) bond motifs is 3. The fourth-order valence-corrected chi connectivity index (χ4v) is 10.3. The molecule has 2 saturated heterocycles. The lowest BCUT2D eigenvalue weighted by atomic mass is 9.82. The molecule has 2 fully saturated rings. The zero-order valence-electron chi connectivity index (χ0n) is 25.1. The highest BCUT2D eigenvalue weighted by Crippen LogP contribution is 2.59. The molecule has 0 unspecified atom stereocenters. The molecular formula is C32H40N4O6Si. The van der Waals surface area contributed by atoms with Crippen molar-refractivity contribution in [2.45, 2.75) is 69.0 Å². The SMILES string of the molecule is C[C@@H]1[C@@H]([Si](C)(C)O)[C@H](CC(=O)N2CCC[C@H]2CO)O[C@@]12C(=O)N(C)c1ccc(NC(=O)Cc3c[nH]c4ccccc34)cc12. The smallest absolute Gasteiger partial charge is 0.264 e. The van der Waals surface area contributed by atoms with Gasteiger partial charge in [0.2, 0.25) is 11.8 Å². The summed E-state index contributed by atoms with van der Waals surface area (Å²) in [6.45, 7) is 6.06. The van der Waals surface area contributed by atoms with E-state index in [-0.39, 0.29) is 43.2 Å². The van der Waals surface area contributed by atoms with E-state index >= 15 is 0 Å². The van der Waals surface area contributed by atoms with Crippen molar-refractivity contribution >= 4 is 48.3 Å². The van der Waals surface area contributed by atoms with Gasteiger partial charge in [-0.3, -0.25) is 14.4 Å². The summed E-state index contributed by atoms with van der Waals surface area (Å²) in [6, 6.07) is 13.0. The lowest BCUT2D eigenvalue weighted by Crippen LogP contribution is -2.45. The molecule has 3 aromatic rings. The first kappa shape index (κ1) is 29.6. The van der Waals surface area contributed by atoms with E-state index in [4.69, 9.17) is 4.74 Å². The molecule has 11 heteroatoms. The third kappa shape index (κ3) is 4.88. The first-order valence-corrected chi connectivity index (χ1v) is 18.1. The minimum Gasteiger partial charge on any atom is -0.432 e. The fraction of sp³-hybridized carbons (Fsp3) is 0.469. The molecule has 0 bridgehead atoms. The van der Waals surface area contributed by atoms with Crippen LogP contribution in [0.1, 0.15) is 37.3 Å². The van der Waals surface area contributed by atoms with Crippen LogP contribution in [0.25, 0.3) is 10.9 Å². The van der Waals surface area contributed by atoms with Crippen LogP contribution in [0, 0.1) is 5.92 Å². The maximum absolute atomic E-state index is 14.0. The summed E-state index contributed by atoms with van der Waals surface area (Å²) >= 11 is 0. The summed E-state index contributed by atoms with van der Waals surface area (Å²) < 4.78 is 6.72. The van der Waals surface area contributed by atoms with Gasteiger partial charge in [0.1, 0.15) is 0 Å². The normalized spacial score (nSPS) is 27.0. The number of carbonyl (C=O) groups is 3. The van der Waals surface area contributed by atoms with Crippen LogP contribution in [-0.2, 0) is 31.1 Å². The largest absolute Gasteiger partial charge is 0.432 e. The predicted molar refractivity (Wildman–Crippen MR) is 166 cm³/mol. The Morgan fingerprint density at radius 2 is 1.98 bits per heavy atom. The average molecular weight is 605 g/mol. The van der Waals surface area contributed by atoms with E-state index in [1.165, 1.54) is 0 Å². The molecule has 10 nitrogen and oxygen atoms in total. The van der Waals surface area contributed by atoms with Crippen LogP contribution in [0.3, 0.4) is 0 Å². The van der Waals surface area contributed by atoms with Gasteiger partial charge in [-0.15, -0.1) is 0 Å². The molecule has 228 valence electrons. The standard InChI is InChI=1S/C32H40N4O6Si/c1-19-30(43(3,4)41)27(16-29(39)36-13-7-8-22(36)18-37)42-32(19)24-15-21(11-12-26(24)35(2)31(32)40)34-28(38)14-20-17-33-25-10-6-5-9-23(20)25/h5-6,9-12,15,17,19,22,27,30,33,37,41H,7-8,13-14,16,18H2,1-4H3,(H,34,38)/t19-,22+,27+,30-,32+/m1/s1. The number of hydrogen-bond acceptors (Lipinski definition) is 6. The second-order valence-electron chi connectivity index (χ2n) is 12.8. The lowest BCUT2D eigenvalue weighted by Gasteiger charge is -2.32. The molecule has 1 aromatic heterocycles. The van der Waals surface area contributed by atoms with Crippen molar-refractivity contribution in [1.82, 2.24) is 9.88 Å². The van der Waals surface area contributed by atoms with Crippen LogP contribution < -0.4 is 10.2 Å². The molecule has 2 aromatic carbocycles. The van der Waals surface area contributed by atoms with E-state index in [0.29, 0.717) is 23.5 Å². The third-order valence-corrected chi connectivity index (χ3v) is 12.2. The van der Waals surface area contributed by atoms with Crippen LogP contribution in [0.15, 0.2) is 48.7 Å². The predicted octanol–water partition coefficient (Wildman–Crippen LogP) is 3.50. The van der Waals surface area contributed by atoms with E-state index in [1.807, 2.05) is 56.5 Å². The number of anilines is 2. The quantitative estimate of drug-likeness (QED) is 0.305. The molecule has 0 aliphatic carbocycles. The molecule has 6 rings (SSSR count). The summed E-state index contributed by atoms with van der Waals surface area (Å²) in [5, 5.41) is 13.8. The van der Waals surface area contributed by atoms with Crippen LogP contribution in [-0.4, -0.2) is 78.2 Å². The number of nitrogens with zero attached hydrogens (tertiary/aromatic N) is 2. The van der Waals surface area contributed by atoms with Crippen molar-refractivity contribution < 1.29 is 29.0 Å². The minimum absolute atomic E-state index is 0.0254. The number of carbonyl (C=O) groups excluding carboxylic acids is 3. The van der Waals surface area contributed by atoms with E-state index in [2.05, 4.69) is 10.3 Å². The van der Waals surface area contributed by atoms with Crippen LogP contribution >= 0.6 is 0 Å². The Hall–Kier alpha value is -3.51. The Kier molecular flexibility index (Phi) is 7.48. The van der Waals surface area contributed by atoms with Gasteiger partial charge in [0.15, 0.2) is 13.9 Å². The number of nitrogens with one attached hydrogen (secondary N) is 2. The first-order chi connectivity index (χ1) is 20.5. The van der Waals surface area contributed by atoms with Crippen molar-refractivity contribution in [2.75, 3.05) is 30.4 Å². The summed E-state index contributed by atoms with van der Waals surface area (Å²) in [4.78, 5) is 58.6. The molecular weight excluding hydrogens is 564 g/mol. The molecule has 4 heterocycles. The molecule has 5 atom stereocenters. The highest BCUT2D eigenvalue weighted by Gasteiger charge is 2.66. The van der Waals surface area contributed by atoms with E-state index < -0.39 is 31.5 Å². The molecule has 3 aliphatic rings. The molecule has 0 radical (unpaired) electrons. The van der Waals surface area contributed by atoms with Crippen molar-refractivity contribution in [3.05, 3.63) is 59.8 Å². The molecule has 0 saturated carbocycles. The van der Waals surface area contributed by atoms with E-state index in [1.54, 1.807) is 29.0 Å². The van der Waals surface area contributed by atoms with Gasteiger partial charge in [0, 0.05) is 53.4 Å². The van der Waals surface area contributed by atoms with Crippen molar-refractivity contribution in [1.29, 1.82) is 0 Å². The number of amides is 3. The Balaban J connectivity index is 1.30. The number of para-hydroxylation sites is 1. The average Bonchev–Trinajstić information content (AvgIpc) is 3.71. The first-order valence-electron chi connectivity index (χ1n) is 15.0. The maximum Gasteiger partial charge on any atom is 0.264 e. The zero-order valence-corrected chi connectivity index (χ0v) is 26.1. The molecule has 3 aliphatic heterocycles. The van der Waals surface area contributed by atoms with E-state index in [0.717, 1.165) is 29.3 Å². The minimum atomic E-state index is -2.94. The van der Waals surface area contributed by atoms with Crippen LogP contribution in [0.4, 0.5) is 11.4 Å². The summed E-state index contributed by atoms with van der Waals surface area (Å²) in [5.41, 5.74) is 1.91. The number of likely N-dealkylation sites (N-methyl/N-ethyl adjacent to an activating group) is 1. The highest BCUT2D eigenvalue weighted by molar-refractivity contribution is 6.71. The summed E-state index contributed by atoms with van der Waals surface area (Å²) in [6.07, 6.45) is 2.97. The number of aliphatic hydroxyl groups excluding tert-OH is 1. The van der Waals surface area contributed by atoms with Crippen LogP contribution in [0.2, 0.25) is 18.6 Å². The molecule has 4 N–H and O–H groups in total. The number of benzene rings is 2. The maximum atomic E-state index is 14.0. The monoisotopic (exact) mass is 604 g/mol. The van der Waals surface area contributed by atoms with Gasteiger partial charge < -0.3 is 34.7 Å². The van der Waals surface area contributed by atoms with Gasteiger partial charge in [-0.1, -0.05) is 25.1 Å². The Bertz CT molecular complexity index is 1580. The summed E-state index contributed by atoms with van der Waals surface area (Å²) in [7, 11) is -1.24. The molecule has 1 spiro atoms. The number of hydrogen-bond donors (Lipinski definition) is 4. The third-order valence-electron chi connectivity index (χ3n) is 9.71. The van der Waals surface area contributed by atoms with Gasteiger partial charge in [-0.2, -0.15) is 0 Å². The highest BCUT2D eigenvalue weighted by atomic mass is 28.4. The number of aromatic nitrogens is 1. The molecule has 3 amide bonds. The topological polar surface area (TPSA) is 135 Å². The Morgan fingerprint density at radius 1 is 1.21 bits per heavy atom. The number of aliphatic hydroxyl groups is 1. The second kappa shape index (κ2) is 10.9. The Morgan fingerprint density at radius 3 is 2.72 bits per heavy atom. The number of ether oxygens (including phenoxy) is 1. The molecule has 43 heavy (non-hydrogen) atoms.